The number of carbonyl (C=O) groups excluding carboxylic acids is 1. The number of anilines is 1. The number of nitrogens with zero attached hydrogens (tertiary/aromatic N) is 1. The van der Waals surface area contributed by atoms with E-state index < -0.39 is 6.16 Å². The maximum Gasteiger partial charge on any atom is 0.514 e. The Balaban J connectivity index is 2.57. The molecule has 0 aliphatic carbocycles. The van der Waals surface area contributed by atoms with E-state index >= 15 is 0 Å². The summed E-state index contributed by atoms with van der Waals surface area (Å²) in [6, 6.07) is 4.90. The molecule has 0 atom stereocenters. The summed E-state index contributed by atoms with van der Waals surface area (Å²) in [6.07, 6.45) is -0.954. The van der Waals surface area contributed by atoms with Crippen LogP contribution in [0.25, 0.3) is 11.3 Å². The van der Waals surface area contributed by atoms with Gasteiger partial charge in [0.25, 0.3) is 0 Å². The number of nitrogens with two attached hydrogens (primary N) is 1. The van der Waals surface area contributed by atoms with Crippen LogP contribution < -0.4 is 10.5 Å². The molecule has 0 aliphatic heterocycles. The molecule has 2 N–H and O–H groups in total. The predicted molar refractivity (Wildman–Crippen MR) is 86.9 cm³/mol. The van der Waals surface area contributed by atoms with E-state index in [0.717, 1.165) is 0 Å². The minimum Gasteiger partial charge on any atom is -0.437 e. The maximum absolute atomic E-state index is 11.2. The van der Waals surface area contributed by atoms with E-state index in [-0.39, 0.29) is 16.6 Å². The first-order valence-corrected chi connectivity index (χ1v) is 7.15. The highest BCUT2D eigenvalue weighted by molar-refractivity contribution is 6.38. The largest absolute Gasteiger partial charge is 0.514 e. The van der Waals surface area contributed by atoms with Gasteiger partial charge >= 0.3 is 6.16 Å². The topological polar surface area (TPSA) is 74.4 Å². The maximum atomic E-state index is 11.2. The van der Waals surface area contributed by atoms with Crippen molar-refractivity contribution in [2.45, 2.75) is 6.92 Å². The zero-order valence-electron chi connectivity index (χ0n) is 11.6. The molecule has 0 bridgehead atoms. The lowest BCUT2D eigenvalue weighted by molar-refractivity contribution is 0.120. The number of benzene rings is 1. The van der Waals surface area contributed by atoms with Gasteiger partial charge in [0.15, 0.2) is 0 Å². The molecule has 1 heterocycles. The van der Waals surface area contributed by atoms with Gasteiger partial charge in [-0.05, 0) is 30.7 Å². The Bertz CT molecular complexity index is 751. The average molecular weight is 362 g/mol. The molecule has 0 unspecified atom stereocenters. The summed E-state index contributed by atoms with van der Waals surface area (Å²) in [5, 5.41) is 0.961. The third-order valence-corrected chi connectivity index (χ3v) is 4.17. The number of nitrogen functional groups attached to an aromatic ring is 1. The normalized spacial score (nSPS) is 10.4. The van der Waals surface area contributed by atoms with Gasteiger partial charge in [-0.25, -0.2) is 9.78 Å². The van der Waals surface area contributed by atoms with Crippen molar-refractivity contribution in [1.82, 2.24) is 4.98 Å². The Morgan fingerprint density at radius 1 is 1.23 bits per heavy atom. The number of halogens is 3. The number of methoxy groups -OCH3 is 1. The molecule has 0 saturated carbocycles. The summed E-state index contributed by atoms with van der Waals surface area (Å²) in [4.78, 5) is 15.4. The molecular weight excluding hydrogens is 351 g/mol. The number of hydrogen-bond acceptors (Lipinski definition) is 5. The van der Waals surface area contributed by atoms with Crippen LogP contribution in [0.1, 0.15) is 5.56 Å². The molecule has 22 heavy (non-hydrogen) atoms. The van der Waals surface area contributed by atoms with Gasteiger partial charge in [0.2, 0.25) is 5.88 Å². The van der Waals surface area contributed by atoms with Gasteiger partial charge in [-0.3, -0.25) is 0 Å². The standard InChI is InChI=1S/C14H11Cl3N2O3/c1-6-8(15)4-3-7(11(6)16)10-5-9(18)12(17)13(19-10)22-14(20)21-2/h3-5H,1-2H3,(H2,18,19). The lowest BCUT2D eigenvalue weighted by Gasteiger charge is -2.12. The van der Waals surface area contributed by atoms with Crippen LogP contribution in [0.5, 0.6) is 5.88 Å². The lowest BCUT2D eigenvalue weighted by Crippen LogP contribution is -2.10. The average Bonchev–Trinajstić information content (AvgIpc) is 2.49. The summed E-state index contributed by atoms with van der Waals surface area (Å²) in [5.41, 5.74) is 7.69. The molecule has 0 radical (unpaired) electrons. The van der Waals surface area contributed by atoms with Gasteiger partial charge in [-0.1, -0.05) is 34.8 Å². The van der Waals surface area contributed by atoms with Crippen molar-refractivity contribution in [2.75, 3.05) is 12.8 Å². The van der Waals surface area contributed by atoms with Crippen LogP contribution in [0.2, 0.25) is 15.1 Å². The molecule has 116 valence electrons. The zero-order chi connectivity index (χ0) is 16.4. The highest BCUT2D eigenvalue weighted by Crippen LogP contribution is 2.37. The van der Waals surface area contributed by atoms with Crippen LogP contribution in [0.4, 0.5) is 10.5 Å². The second-order valence-corrected chi connectivity index (χ2v) is 5.47. The number of carbonyl (C=O) groups is 1. The quantitative estimate of drug-likeness (QED) is 0.782. The first-order valence-electron chi connectivity index (χ1n) is 6.02. The van der Waals surface area contributed by atoms with E-state index in [2.05, 4.69) is 9.72 Å². The first-order chi connectivity index (χ1) is 10.3. The van der Waals surface area contributed by atoms with Gasteiger partial charge < -0.3 is 15.2 Å². The molecule has 8 heteroatoms. The minimum atomic E-state index is -0.954. The molecule has 0 saturated heterocycles. The van der Waals surface area contributed by atoms with E-state index in [1.165, 1.54) is 13.2 Å². The van der Waals surface area contributed by atoms with Crippen LogP contribution in [-0.2, 0) is 4.74 Å². The molecule has 0 amide bonds. The van der Waals surface area contributed by atoms with E-state index in [9.17, 15) is 4.79 Å². The van der Waals surface area contributed by atoms with Crippen LogP contribution >= 0.6 is 34.8 Å². The highest BCUT2D eigenvalue weighted by atomic mass is 35.5. The fraction of sp³-hybridized carbons (Fsp3) is 0.143. The van der Waals surface area contributed by atoms with Gasteiger partial charge in [-0.15, -0.1) is 0 Å². The van der Waals surface area contributed by atoms with Crippen LogP contribution in [0.3, 0.4) is 0 Å². The Kier molecular flexibility index (Phi) is 5.01. The number of hydrogen-bond donors (Lipinski definition) is 1. The molecule has 2 rings (SSSR count). The fourth-order valence-electron chi connectivity index (χ4n) is 1.71. The second-order valence-electron chi connectivity index (χ2n) is 4.31. The second kappa shape index (κ2) is 6.60. The SMILES string of the molecule is COC(=O)Oc1nc(-c2ccc(Cl)c(C)c2Cl)cc(N)c1Cl. The number of ether oxygens (including phenoxy) is 2. The Labute approximate surface area is 141 Å². The van der Waals surface area contributed by atoms with Crippen molar-refractivity contribution in [3.63, 3.8) is 0 Å². The molecule has 0 aliphatic rings. The van der Waals surface area contributed by atoms with Crippen molar-refractivity contribution in [1.29, 1.82) is 0 Å². The molecular formula is C14H11Cl3N2O3. The molecule has 0 fully saturated rings. The number of aromatic nitrogens is 1. The van der Waals surface area contributed by atoms with Crippen LogP contribution in [0.15, 0.2) is 18.2 Å². The molecule has 2 aromatic rings. The first kappa shape index (κ1) is 16.7. The van der Waals surface area contributed by atoms with Crippen LogP contribution in [0, 0.1) is 6.92 Å². The van der Waals surface area contributed by atoms with E-state index in [1.807, 2.05) is 0 Å². The van der Waals surface area contributed by atoms with Gasteiger partial charge in [0.1, 0.15) is 5.02 Å². The van der Waals surface area contributed by atoms with Gasteiger partial charge in [-0.2, -0.15) is 0 Å². The highest BCUT2D eigenvalue weighted by Gasteiger charge is 2.17. The molecule has 1 aromatic carbocycles. The smallest absolute Gasteiger partial charge is 0.437 e. The summed E-state index contributed by atoms with van der Waals surface area (Å²) in [6.45, 7) is 1.78. The van der Waals surface area contributed by atoms with E-state index in [1.54, 1.807) is 19.1 Å². The summed E-state index contributed by atoms with van der Waals surface area (Å²) in [7, 11) is 1.17. The van der Waals surface area contributed by atoms with Crippen molar-refractivity contribution in [2.24, 2.45) is 0 Å². The zero-order valence-corrected chi connectivity index (χ0v) is 13.9. The van der Waals surface area contributed by atoms with Gasteiger partial charge in [0.05, 0.1) is 23.5 Å². The summed E-state index contributed by atoms with van der Waals surface area (Å²) >= 11 is 18.3. The third-order valence-electron chi connectivity index (χ3n) is 2.90. The monoisotopic (exact) mass is 360 g/mol. The summed E-state index contributed by atoms with van der Waals surface area (Å²) < 4.78 is 9.29. The molecule has 1 aromatic heterocycles. The van der Waals surface area contributed by atoms with Crippen molar-refractivity contribution >= 4 is 46.6 Å². The van der Waals surface area contributed by atoms with E-state index in [4.69, 9.17) is 45.3 Å². The van der Waals surface area contributed by atoms with Crippen molar-refractivity contribution < 1.29 is 14.3 Å². The summed E-state index contributed by atoms with van der Waals surface area (Å²) in [5.74, 6) is -0.160. The third kappa shape index (κ3) is 3.21. The Morgan fingerprint density at radius 2 is 1.91 bits per heavy atom. The number of pyridine rings is 1. The minimum absolute atomic E-state index is 0.0101. The van der Waals surface area contributed by atoms with E-state index in [0.29, 0.717) is 26.9 Å². The number of rotatable bonds is 2. The Hall–Kier alpha value is -1.69. The molecule has 0 spiro atoms. The van der Waals surface area contributed by atoms with Crippen molar-refractivity contribution in [3.8, 4) is 17.1 Å². The van der Waals surface area contributed by atoms with Gasteiger partial charge in [0, 0.05) is 10.6 Å². The van der Waals surface area contributed by atoms with Crippen molar-refractivity contribution in [3.05, 3.63) is 38.8 Å². The Morgan fingerprint density at radius 3 is 2.55 bits per heavy atom. The molecule has 5 nitrogen and oxygen atoms in total. The predicted octanol–water partition coefficient (Wildman–Crippen LogP) is 4.74. The fourth-order valence-corrected chi connectivity index (χ4v) is 2.31. The van der Waals surface area contributed by atoms with Crippen LogP contribution in [-0.4, -0.2) is 18.2 Å². The lowest BCUT2D eigenvalue weighted by atomic mass is 10.1.